The number of nitrogens with zero attached hydrogens (tertiary/aromatic N) is 1. The fraction of sp³-hybridized carbons (Fsp3) is 0.538. The number of hydrogen-bond donors (Lipinski definition) is 3. The minimum atomic E-state index is -1.01. The number of aromatic nitrogens is 2. The molecule has 1 heterocycles. The predicted molar refractivity (Wildman–Crippen MR) is 71.7 cm³/mol. The maximum absolute atomic E-state index is 12.2. The number of nitrogens with one attached hydrogen (secondary N) is 2. The van der Waals surface area contributed by atoms with E-state index in [4.69, 9.17) is 5.11 Å². The van der Waals surface area contributed by atoms with E-state index in [0.29, 0.717) is 5.69 Å². The Hall–Kier alpha value is -2.38. The van der Waals surface area contributed by atoms with Crippen LogP contribution in [0.15, 0.2) is 0 Å². The van der Waals surface area contributed by atoms with E-state index in [2.05, 4.69) is 20.3 Å². The van der Waals surface area contributed by atoms with Crippen molar-refractivity contribution in [2.75, 3.05) is 12.4 Å². The van der Waals surface area contributed by atoms with Gasteiger partial charge in [-0.2, -0.15) is 5.10 Å². The molecule has 1 aromatic heterocycles. The Morgan fingerprint density at radius 1 is 1.33 bits per heavy atom. The summed E-state index contributed by atoms with van der Waals surface area (Å²) in [4.78, 5) is 34.9. The van der Waals surface area contributed by atoms with Crippen molar-refractivity contribution in [3.05, 3.63) is 11.3 Å². The molecule has 21 heavy (non-hydrogen) atoms. The topological polar surface area (TPSA) is 121 Å². The molecule has 0 saturated heterocycles. The zero-order valence-corrected chi connectivity index (χ0v) is 12.2. The summed E-state index contributed by atoms with van der Waals surface area (Å²) in [7, 11) is 1.23. The monoisotopic (exact) mass is 295 g/mol. The van der Waals surface area contributed by atoms with Gasteiger partial charge in [0.15, 0.2) is 5.82 Å². The molecule has 114 valence electrons. The van der Waals surface area contributed by atoms with E-state index >= 15 is 0 Å². The van der Waals surface area contributed by atoms with Crippen LogP contribution in [0.5, 0.6) is 0 Å². The lowest BCUT2D eigenvalue weighted by molar-refractivity contribution is -0.140. The Bertz CT molecular complexity index is 619. The number of anilines is 1. The fourth-order valence-electron chi connectivity index (χ4n) is 2.65. The van der Waals surface area contributed by atoms with Crippen LogP contribution < -0.4 is 5.32 Å². The number of carboxylic acids is 1. The molecular weight excluding hydrogens is 278 g/mol. The number of methoxy groups -OCH3 is 1. The molecule has 0 radical (unpaired) electrons. The summed E-state index contributed by atoms with van der Waals surface area (Å²) in [5.74, 6) is -3.44. The number of esters is 1. The van der Waals surface area contributed by atoms with Crippen molar-refractivity contribution in [1.29, 1.82) is 0 Å². The molecule has 0 spiro atoms. The maximum Gasteiger partial charge on any atom is 0.343 e. The Morgan fingerprint density at radius 2 is 1.95 bits per heavy atom. The zero-order valence-electron chi connectivity index (χ0n) is 12.2. The van der Waals surface area contributed by atoms with E-state index in [9.17, 15) is 14.4 Å². The minimum Gasteiger partial charge on any atom is -0.481 e. The molecule has 3 N–H and O–H groups in total. The largest absolute Gasteiger partial charge is 0.481 e. The fourth-order valence-corrected chi connectivity index (χ4v) is 2.65. The van der Waals surface area contributed by atoms with Crippen LogP contribution in [0.25, 0.3) is 0 Å². The van der Waals surface area contributed by atoms with Gasteiger partial charge in [-0.05, 0) is 12.3 Å². The molecule has 2 unspecified atom stereocenters. The number of aliphatic carboxylic acids is 1. The highest BCUT2D eigenvalue weighted by atomic mass is 16.5. The second-order valence-corrected chi connectivity index (χ2v) is 5.67. The predicted octanol–water partition coefficient (Wildman–Crippen LogP) is 0.800. The van der Waals surface area contributed by atoms with Gasteiger partial charge in [-0.1, -0.05) is 13.8 Å². The molecule has 1 aliphatic rings. The van der Waals surface area contributed by atoms with Crippen LogP contribution in [-0.2, 0) is 14.3 Å². The van der Waals surface area contributed by atoms with E-state index < -0.39 is 35.1 Å². The molecule has 0 bridgehead atoms. The number of carbonyl (C=O) groups is 3. The van der Waals surface area contributed by atoms with Crippen LogP contribution >= 0.6 is 0 Å². The van der Waals surface area contributed by atoms with Crippen LogP contribution in [0.1, 0.15) is 29.9 Å². The average Bonchev–Trinajstić information content (AvgIpc) is 2.81. The zero-order chi connectivity index (χ0) is 15.9. The molecule has 1 saturated carbocycles. The SMILES string of the molecule is COC(=O)c1c(NC(=O)C2C(C(=O)O)C2(C)C)n[nH]c1C. The number of H-pyrrole nitrogens is 1. The molecule has 2 atom stereocenters. The average molecular weight is 295 g/mol. The van der Waals surface area contributed by atoms with E-state index in [1.165, 1.54) is 7.11 Å². The maximum atomic E-state index is 12.2. The van der Waals surface area contributed by atoms with Gasteiger partial charge in [-0.25, -0.2) is 4.79 Å². The van der Waals surface area contributed by atoms with Crippen molar-refractivity contribution in [1.82, 2.24) is 10.2 Å². The van der Waals surface area contributed by atoms with Gasteiger partial charge in [0.05, 0.1) is 18.9 Å². The van der Waals surface area contributed by atoms with Gasteiger partial charge in [-0.3, -0.25) is 14.7 Å². The van der Waals surface area contributed by atoms with Crippen molar-refractivity contribution < 1.29 is 24.2 Å². The first kappa shape index (κ1) is 15.0. The summed E-state index contributed by atoms with van der Waals surface area (Å²) in [6, 6.07) is 0. The summed E-state index contributed by atoms with van der Waals surface area (Å²) in [5, 5.41) is 18.0. The highest BCUT2D eigenvalue weighted by Crippen LogP contribution is 2.58. The van der Waals surface area contributed by atoms with Crippen molar-refractivity contribution in [2.45, 2.75) is 20.8 Å². The number of carboxylic acid groups (broad SMARTS) is 1. The van der Waals surface area contributed by atoms with E-state index in [0.717, 1.165) is 0 Å². The molecule has 0 aliphatic heterocycles. The first-order chi connectivity index (χ1) is 9.71. The number of carbonyl (C=O) groups excluding carboxylic acids is 2. The molecule has 0 aromatic carbocycles. The van der Waals surface area contributed by atoms with Crippen molar-refractivity contribution in [2.24, 2.45) is 17.3 Å². The van der Waals surface area contributed by atoms with Gasteiger partial charge in [0.2, 0.25) is 5.91 Å². The lowest BCUT2D eigenvalue weighted by Crippen LogP contribution is -2.20. The van der Waals surface area contributed by atoms with Gasteiger partial charge in [0, 0.05) is 5.69 Å². The lowest BCUT2D eigenvalue weighted by atomic mass is 10.1. The Labute approximate surface area is 120 Å². The summed E-state index contributed by atoms with van der Waals surface area (Å²) in [5.41, 5.74) is -0.0228. The van der Waals surface area contributed by atoms with Gasteiger partial charge in [0.1, 0.15) is 5.56 Å². The normalized spacial score (nSPS) is 22.5. The van der Waals surface area contributed by atoms with E-state index in [1.807, 2.05) is 0 Å². The van der Waals surface area contributed by atoms with Crippen LogP contribution in [-0.4, -0.2) is 40.3 Å². The highest BCUT2D eigenvalue weighted by molar-refractivity contribution is 6.04. The molecule has 8 heteroatoms. The third-order valence-electron chi connectivity index (χ3n) is 3.95. The molecule has 1 fully saturated rings. The summed E-state index contributed by atoms with van der Waals surface area (Å²) in [6.45, 7) is 5.05. The molecular formula is C13H17N3O5. The minimum absolute atomic E-state index is 0.0520. The summed E-state index contributed by atoms with van der Waals surface area (Å²) in [6.07, 6.45) is 0. The molecule has 1 aliphatic carbocycles. The Morgan fingerprint density at radius 3 is 2.43 bits per heavy atom. The lowest BCUT2D eigenvalue weighted by Gasteiger charge is -2.05. The number of rotatable bonds is 4. The third-order valence-corrected chi connectivity index (χ3v) is 3.95. The standard InChI is InChI=1S/C13H17N3O5/c1-5-6(12(20)21-4)9(16-15-5)14-10(17)7-8(11(18)19)13(7,2)3/h7-8H,1-4H3,(H,18,19)(H2,14,15,16,17). The molecule has 2 rings (SSSR count). The van der Waals surface area contributed by atoms with E-state index in [-0.39, 0.29) is 11.4 Å². The van der Waals surface area contributed by atoms with Gasteiger partial charge < -0.3 is 15.2 Å². The van der Waals surface area contributed by atoms with Crippen molar-refractivity contribution in [3.63, 3.8) is 0 Å². The Balaban J connectivity index is 2.19. The first-order valence-electron chi connectivity index (χ1n) is 6.38. The van der Waals surface area contributed by atoms with Crippen LogP contribution in [0.4, 0.5) is 5.82 Å². The second kappa shape index (κ2) is 4.87. The second-order valence-electron chi connectivity index (χ2n) is 5.67. The summed E-state index contributed by atoms with van der Waals surface area (Å²) >= 11 is 0. The number of aromatic amines is 1. The van der Waals surface area contributed by atoms with E-state index in [1.54, 1.807) is 20.8 Å². The number of ether oxygens (including phenoxy) is 1. The number of amides is 1. The smallest absolute Gasteiger partial charge is 0.343 e. The van der Waals surface area contributed by atoms with Gasteiger partial charge >= 0.3 is 11.9 Å². The molecule has 8 nitrogen and oxygen atoms in total. The first-order valence-corrected chi connectivity index (χ1v) is 6.38. The number of aryl methyl sites for hydroxylation is 1. The quantitative estimate of drug-likeness (QED) is 0.706. The van der Waals surface area contributed by atoms with Crippen LogP contribution in [0.3, 0.4) is 0 Å². The van der Waals surface area contributed by atoms with Gasteiger partial charge in [-0.15, -0.1) is 0 Å². The summed E-state index contributed by atoms with van der Waals surface area (Å²) < 4.78 is 4.63. The Kier molecular flexibility index (Phi) is 3.48. The molecule has 1 aromatic rings. The highest BCUT2D eigenvalue weighted by Gasteiger charge is 2.66. The number of hydrogen-bond acceptors (Lipinski definition) is 5. The third kappa shape index (κ3) is 2.37. The van der Waals surface area contributed by atoms with Crippen LogP contribution in [0, 0.1) is 24.2 Å². The molecule has 1 amide bonds. The van der Waals surface area contributed by atoms with Crippen LogP contribution in [0.2, 0.25) is 0 Å². The van der Waals surface area contributed by atoms with Crippen molar-refractivity contribution >= 4 is 23.7 Å². The van der Waals surface area contributed by atoms with Gasteiger partial charge in [0.25, 0.3) is 0 Å². The van der Waals surface area contributed by atoms with Crippen molar-refractivity contribution in [3.8, 4) is 0 Å².